The second-order valence-electron chi connectivity index (χ2n) is 29.0. The zero-order chi connectivity index (χ0) is 66.5. The van der Waals surface area contributed by atoms with Crippen LogP contribution in [-0.4, -0.2) is 397 Å². The van der Waals surface area contributed by atoms with E-state index in [4.69, 9.17) is 4.74 Å². The van der Waals surface area contributed by atoms with Crippen LogP contribution in [0.3, 0.4) is 0 Å². The summed E-state index contributed by atoms with van der Waals surface area (Å²) < 4.78 is 5.04. The molecule has 0 amide bonds. The number of methoxy groups -OCH3 is 1. The van der Waals surface area contributed by atoms with Crippen LogP contribution in [0.5, 0.6) is 0 Å². The van der Waals surface area contributed by atoms with Gasteiger partial charge >= 0.3 is 0 Å². The number of nitrogens with one attached hydrogen (secondary N) is 1. The Balaban J connectivity index is 0.000000346. The van der Waals surface area contributed by atoms with Crippen LogP contribution in [0, 0.1) is 11.8 Å². The molecule has 1 aliphatic carbocycles. The molecule has 0 aromatic heterocycles. The first kappa shape index (κ1) is 85.1. The zero-order valence-electron chi connectivity index (χ0n) is 63.6. The topological polar surface area (TPSA) is 69.9 Å². The molecule has 9 heterocycles. The molecule has 3 unspecified atom stereocenters. The van der Waals surface area contributed by atoms with Gasteiger partial charge in [-0.1, -0.05) is 61.0 Å². The number of piperidine rings is 1. The first-order chi connectivity index (χ1) is 43.3. The lowest BCUT2D eigenvalue weighted by molar-refractivity contribution is 0.127. The number of likely N-dealkylation sites (N-methyl/N-ethyl adjacent to an activating group) is 10. The van der Waals surface area contributed by atoms with E-state index in [-0.39, 0.29) is 0 Å². The van der Waals surface area contributed by atoms with Gasteiger partial charge in [-0.2, -0.15) is 0 Å². The third-order valence-corrected chi connectivity index (χ3v) is 20.7. The third-order valence-electron chi connectivity index (χ3n) is 20.7. The van der Waals surface area contributed by atoms with Crippen molar-refractivity contribution in [1.29, 1.82) is 0 Å². The summed E-state index contributed by atoms with van der Waals surface area (Å²) in [5.41, 5.74) is 0. The lowest BCUT2D eigenvalue weighted by Crippen LogP contribution is -2.50. The highest BCUT2D eigenvalue weighted by Crippen LogP contribution is 2.27. The molecule has 0 aromatic rings. The van der Waals surface area contributed by atoms with Crippen molar-refractivity contribution in [2.45, 2.75) is 157 Å². The predicted octanol–water partition coefficient (Wildman–Crippen LogP) is 7.18. The van der Waals surface area contributed by atoms with Crippen LogP contribution in [-0.2, 0) is 4.74 Å². The maximum atomic E-state index is 5.04. The van der Waals surface area contributed by atoms with Gasteiger partial charge in [-0.25, -0.2) is 0 Å². The summed E-state index contributed by atoms with van der Waals surface area (Å²) in [4.78, 5) is 37.0. The molecule has 9 aliphatic heterocycles. The van der Waals surface area contributed by atoms with Gasteiger partial charge in [-0.3, -0.25) is 19.6 Å². The van der Waals surface area contributed by atoms with Crippen LogP contribution in [0.1, 0.15) is 133 Å². The summed E-state index contributed by atoms with van der Waals surface area (Å²) >= 11 is 0. The van der Waals surface area contributed by atoms with Gasteiger partial charge in [0.1, 0.15) is 0 Å². The SMILES string of the molecule is C=CCN1CCCN(C)CC1.CC(C)N1CCCN(C)CC1.CCC1CCN(C)C1.CCN(CC)C1CCN(C)C1.CCN1CCC(C)CC1.CCN1CCCN(C)CC1.CCN1CCN(C)CC1.CN1CCCN(C2CC2)CC1.COCC1CN(C)CCN1. The number of rotatable bonds is 13. The molecule has 10 fully saturated rings. The monoisotopic (exact) mass is 1280 g/mol. The third kappa shape index (κ3) is 41.9. The summed E-state index contributed by atoms with van der Waals surface area (Å²) in [5.74, 6) is 1.98. The average molecular weight is 1280 g/mol. The maximum Gasteiger partial charge on any atom is 0.0628 e. The molecule has 17 nitrogen and oxygen atoms in total. The van der Waals surface area contributed by atoms with Gasteiger partial charge < -0.3 is 64.0 Å². The van der Waals surface area contributed by atoms with Gasteiger partial charge in [0.05, 0.1) is 6.61 Å². The summed E-state index contributed by atoms with van der Waals surface area (Å²) in [6, 6.07) is 3.06. The minimum Gasteiger partial charge on any atom is -0.383 e. The summed E-state index contributed by atoms with van der Waals surface area (Å²) in [5, 5.41) is 3.38. The lowest BCUT2D eigenvalue weighted by atomic mass is 9.99. The number of piperazine rings is 2. The predicted molar refractivity (Wildman–Crippen MR) is 395 cm³/mol. The van der Waals surface area contributed by atoms with E-state index in [0.29, 0.717) is 6.04 Å². The van der Waals surface area contributed by atoms with Crippen LogP contribution < -0.4 is 5.32 Å². The van der Waals surface area contributed by atoms with E-state index in [1.165, 1.54) is 274 Å². The van der Waals surface area contributed by atoms with Crippen molar-refractivity contribution in [2.24, 2.45) is 11.8 Å². The molecule has 0 bridgehead atoms. The van der Waals surface area contributed by atoms with Gasteiger partial charge in [0.25, 0.3) is 0 Å². The van der Waals surface area contributed by atoms with Crippen molar-refractivity contribution >= 4 is 0 Å². The van der Waals surface area contributed by atoms with Crippen LogP contribution in [0.25, 0.3) is 0 Å². The van der Waals surface area contributed by atoms with Gasteiger partial charge in [0, 0.05) is 149 Å². The molecule has 536 valence electrons. The van der Waals surface area contributed by atoms with Gasteiger partial charge in [-0.15, -0.1) is 6.58 Å². The van der Waals surface area contributed by atoms with Crippen LogP contribution >= 0.6 is 0 Å². The zero-order valence-corrected chi connectivity index (χ0v) is 63.6. The standard InChI is InChI=1S/C9H18N2.2C9H20N2.C9H18N2.C8H18N2.C8H17N.C7H16N2O.C7H16N2.C7H15N/c1-10-5-2-6-11(8-7-10)9-3-4-9;1-9(2)11-6-4-5-10(3)7-8-11;1-4-11(5-2)9-6-7-10(3)8-9;1-3-5-11-7-4-6-10(2)8-9-11;1-3-10-6-4-5-9(2)7-8-10;1-3-9-6-4-8(2)5-7-9;1-9-4-3-8-7(5-9)6-10-2;1-3-9-6-4-8(2)5-7-9;1-3-7-4-5-8(2)6-7/h9H,2-8H2,1H3;2*9H,4-8H2,1-3H3;3H,1,4-9H2,2H3;3-8H2,1-2H3;8H,3-7H2,1-2H3;7-8H,3-6H2,1-2H3;3-7H2,1-2H3;7H,3-6H2,1-2H3. The molecular formula is C73H158N16O. The normalized spacial score (nSPS) is 26.4. The fourth-order valence-electron chi connectivity index (χ4n) is 13.5. The molecule has 0 aromatic carbocycles. The van der Waals surface area contributed by atoms with E-state index in [0.717, 1.165) is 62.7 Å². The molecule has 1 saturated carbocycles. The van der Waals surface area contributed by atoms with E-state index in [2.05, 4.69) is 204 Å². The Morgan fingerprint density at radius 3 is 1.36 bits per heavy atom. The van der Waals surface area contributed by atoms with Gasteiger partial charge in [-0.05, 0) is 258 Å². The smallest absolute Gasteiger partial charge is 0.0628 e. The van der Waals surface area contributed by atoms with Gasteiger partial charge in [0.2, 0.25) is 0 Å². The number of nitrogens with zero attached hydrogens (tertiary/aromatic N) is 15. The molecule has 0 radical (unpaired) electrons. The quantitative estimate of drug-likeness (QED) is 0.189. The highest BCUT2D eigenvalue weighted by molar-refractivity contribution is 4.86. The first-order valence-electron chi connectivity index (χ1n) is 37.7. The Hall–Kier alpha value is -0.940. The Morgan fingerprint density at radius 1 is 0.456 bits per heavy atom. The van der Waals surface area contributed by atoms with Crippen LogP contribution in [0.2, 0.25) is 0 Å². The van der Waals surface area contributed by atoms with E-state index < -0.39 is 0 Å². The summed E-state index contributed by atoms with van der Waals surface area (Å²) in [6.07, 6.45) is 17.2. The average Bonchev–Trinajstić information content (AvgIpc) is 2.60. The number of hydrogen-bond acceptors (Lipinski definition) is 17. The summed E-state index contributed by atoms with van der Waals surface area (Å²) in [6.45, 7) is 68.5. The van der Waals surface area contributed by atoms with Crippen molar-refractivity contribution in [3.63, 3.8) is 0 Å². The van der Waals surface area contributed by atoms with Crippen molar-refractivity contribution in [1.82, 2.24) is 78.8 Å². The summed E-state index contributed by atoms with van der Waals surface area (Å²) in [7, 11) is 19.3. The van der Waals surface area contributed by atoms with E-state index >= 15 is 0 Å². The largest absolute Gasteiger partial charge is 0.383 e. The molecular weight excluding hydrogens is 1120 g/mol. The molecule has 1 N–H and O–H groups in total. The Bertz CT molecular complexity index is 1570. The second kappa shape index (κ2) is 53.2. The van der Waals surface area contributed by atoms with E-state index in [1.807, 2.05) is 6.08 Å². The molecule has 0 spiro atoms. The number of ether oxygens (including phenoxy) is 1. The molecule has 9 saturated heterocycles. The highest BCUT2D eigenvalue weighted by Gasteiger charge is 2.29. The molecule has 3 atom stereocenters. The van der Waals surface area contributed by atoms with Crippen molar-refractivity contribution < 1.29 is 4.74 Å². The lowest BCUT2D eigenvalue weighted by Gasteiger charge is -2.31. The van der Waals surface area contributed by atoms with Crippen molar-refractivity contribution in [3.05, 3.63) is 12.7 Å². The van der Waals surface area contributed by atoms with E-state index in [1.54, 1.807) is 7.11 Å². The molecule has 10 rings (SSSR count). The number of likely N-dealkylation sites (tertiary alicyclic amines) is 3. The Labute approximate surface area is 561 Å². The first-order valence-corrected chi connectivity index (χ1v) is 37.7. The molecule has 17 heteroatoms. The van der Waals surface area contributed by atoms with Crippen LogP contribution in [0.15, 0.2) is 12.7 Å². The van der Waals surface area contributed by atoms with Crippen LogP contribution in [0.4, 0.5) is 0 Å². The van der Waals surface area contributed by atoms with Crippen molar-refractivity contribution in [2.75, 3.05) is 299 Å². The minimum absolute atomic E-state index is 0.531. The molecule has 90 heavy (non-hydrogen) atoms. The number of hydrogen-bond donors (Lipinski definition) is 1. The second-order valence-corrected chi connectivity index (χ2v) is 29.0. The Morgan fingerprint density at radius 2 is 0.911 bits per heavy atom. The highest BCUT2D eigenvalue weighted by atomic mass is 16.5. The Kier molecular flexibility index (Phi) is 50.3. The fraction of sp³-hybridized carbons (Fsp3) is 0.973. The van der Waals surface area contributed by atoms with Gasteiger partial charge in [0.15, 0.2) is 0 Å². The molecule has 10 aliphatic rings. The fourth-order valence-corrected chi connectivity index (χ4v) is 13.5. The maximum absolute atomic E-state index is 5.04. The minimum atomic E-state index is 0.531. The van der Waals surface area contributed by atoms with Crippen molar-refractivity contribution in [3.8, 4) is 0 Å². The van der Waals surface area contributed by atoms with E-state index in [9.17, 15) is 0 Å².